The molecule has 96 valence electrons. The minimum absolute atomic E-state index is 0.0357. The Kier molecular flexibility index (Phi) is 4.60. The Balaban J connectivity index is 2.25. The van der Waals surface area contributed by atoms with Crippen molar-refractivity contribution in [2.24, 2.45) is 11.7 Å². The van der Waals surface area contributed by atoms with E-state index < -0.39 is 0 Å². The molecule has 0 spiro atoms. The highest BCUT2D eigenvalue weighted by Crippen LogP contribution is 2.31. The van der Waals surface area contributed by atoms with Crippen LogP contribution in [0, 0.1) is 5.92 Å². The summed E-state index contributed by atoms with van der Waals surface area (Å²) in [4.78, 5) is 1.19. The summed E-state index contributed by atoms with van der Waals surface area (Å²) >= 11 is 5.25. The molecule has 1 aromatic carbocycles. The number of benzene rings is 1. The maximum absolute atomic E-state index is 6.34. The van der Waals surface area contributed by atoms with E-state index in [1.807, 2.05) is 0 Å². The molecule has 18 heavy (non-hydrogen) atoms. The van der Waals surface area contributed by atoms with Crippen LogP contribution in [0.25, 0.3) is 0 Å². The van der Waals surface area contributed by atoms with E-state index in [1.165, 1.54) is 16.0 Å². The molecule has 0 saturated heterocycles. The first-order chi connectivity index (χ1) is 8.58. The van der Waals surface area contributed by atoms with Crippen molar-refractivity contribution in [2.75, 3.05) is 0 Å². The molecule has 0 aliphatic rings. The molecule has 2 aromatic rings. The molecule has 0 amide bonds. The smallest absolute Gasteiger partial charge is 0.0657 e. The highest BCUT2D eigenvalue weighted by molar-refractivity contribution is 9.10. The number of halogens is 1. The van der Waals surface area contributed by atoms with Crippen molar-refractivity contribution in [1.29, 1.82) is 0 Å². The molecule has 3 heteroatoms. The summed E-state index contributed by atoms with van der Waals surface area (Å²) in [5, 5.41) is 2.07. The molecule has 0 aliphatic heterocycles. The quantitative estimate of drug-likeness (QED) is 0.862. The van der Waals surface area contributed by atoms with E-state index in [0.717, 1.165) is 10.9 Å². The lowest BCUT2D eigenvalue weighted by molar-refractivity contribution is 0.646. The number of rotatable bonds is 4. The van der Waals surface area contributed by atoms with Gasteiger partial charge in [0.05, 0.1) is 6.04 Å². The fourth-order valence-corrected chi connectivity index (χ4v) is 3.71. The van der Waals surface area contributed by atoms with Gasteiger partial charge in [0.1, 0.15) is 0 Å². The third-order valence-corrected chi connectivity index (χ3v) is 4.84. The van der Waals surface area contributed by atoms with E-state index in [0.29, 0.717) is 5.92 Å². The van der Waals surface area contributed by atoms with Gasteiger partial charge in [-0.3, -0.25) is 0 Å². The van der Waals surface area contributed by atoms with E-state index in [9.17, 15) is 0 Å². The Morgan fingerprint density at radius 3 is 2.67 bits per heavy atom. The average Bonchev–Trinajstić information content (AvgIpc) is 2.74. The van der Waals surface area contributed by atoms with E-state index in [1.54, 1.807) is 11.3 Å². The summed E-state index contributed by atoms with van der Waals surface area (Å²) in [5.74, 6) is 0.671. The molecule has 1 heterocycles. The zero-order chi connectivity index (χ0) is 13.1. The fraction of sp³-hybridized carbons (Fsp3) is 0.333. The Morgan fingerprint density at radius 1 is 1.28 bits per heavy atom. The number of nitrogens with two attached hydrogens (primary N) is 1. The van der Waals surface area contributed by atoms with Crippen molar-refractivity contribution >= 4 is 27.3 Å². The lowest BCUT2D eigenvalue weighted by Gasteiger charge is -2.13. The molecule has 0 fully saturated rings. The largest absolute Gasteiger partial charge is 0.320 e. The van der Waals surface area contributed by atoms with Gasteiger partial charge in [-0.1, -0.05) is 38.1 Å². The first-order valence-corrected chi connectivity index (χ1v) is 7.82. The lowest BCUT2D eigenvalue weighted by atomic mass is 9.98. The van der Waals surface area contributed by atoms with Gasteiger partial charge in [-0.15, -0.1) is 11.3 Å². The van der Waals surface area contributed by atoms with Crippen LogP contribution in [-0.2, 0) is 6.42 Å². The topological polar surface area (TPSA) is 26.0 Å². The van der Waals surface area contributed by atoms with Crippen LogP contribution in [0.3, 0.4) is 0 Å². The van der Waals surface area contributed by atoms with Gasteiger partial charge in [-0.25, -0.2) is 0 Å². The van der Waals surface area contributed by atoms with Crippen LogP contribution >= 0.6 is 27.3 Å². The Morgan fingerprint density at radius 2 is 2.06 bits per heavy atom. The molecule has 2 N–H and O–H groups in total. The van der Waals surface area contributed by atoms with Gasteiger partial charge in [-0.2, -0.15) is 0 Å². The van der Waals surface area contributed by atoms with Crippen LogP contribution < -0.4 is 5.73 Å². The maximum atomic E-state index is 6.34. The van der Waals surface area contributed by atoms with Gasteiger partial charge < -0.3 is 5.73 Å². The first kappa shape index (κ1) is 13.8. The second-order valence-corrected chi connectivity index (χ2v) is 6.76. The van der Waals surface area contributed by atoms with Crippen molar-refractivity contribution in [3.63, 3.8) is 0 Å². The molecule has 1 aromatic heterocycles. The SMILES string of the molecule is CC(C)Cc1cccc(C(N)c2sccc2Br)c1. The van der Waals surface area contributed by atoms with Gasteiger partial charge in [-0.05, 0) is 50.8 Å². The second-order valence-electron chi connectivity index (χ2n) is 4.95. The monoisotopic (exact) mass is 323 g/mol. The Labute approximate surface area is 121 Å². The van der Waals surface area contributed by atoms with E-state index in [-0.39, 0.29) is 6.04 Å². The van der Waals surface area contributed by atoms with Crippen molar-refractivity contribution in [2.45, 2.75) is 26.3 Å². The molecule has 0 bridgehead atoms. The molecule has 2 rings (SSSR count). The van der Waals surface area contributed by atoms with Crippen LogP contribution in [0.5, 0.6) is 0 Å². The fourth-order valence-electron chi connectivity index (χ4n) is 2.06. The summed E-state index contributed by atoms with van der Waals surface area (Å²) in [7, 11) is 0. The normalized spacial score (nSPS) is 12.9. The van der Waals surface area contributed by atoms with Crippen LogP contribution in [0.1, 0.15) is 35.9 Å². The highest BCUT2D eigenvalue weighted by atomic mass is 79.9. The summed E-state index contributed by atoms with van der Waals surface area (Å²) in [6.45, 7) is 4.48. The third kappa shape index (κ3) is 3.22. The second kappa shape index (κ2) is 6.00. The van der Waals surface area contributed by atoms with Crippen molar-refractivity contribution < 1.29 is 0 Å². The minimum Gasteiger partial charge on any atom is -0.320 e. The Bertz CT molecular complexity index is 519. The maximum Gasteiger partial charge on any atom is 0.0657 e. The van der Waals surface area contributed by atoms with E-state index >= 15 is 0 Å². The van der Waals surface area contributed by atoms with Gasteiger partial charge in [0, 0.05) is 9.35 Å². The van der Waals surface area contributed by atoms with Crippen LogP contribution in [0.4, 0.5) is 0 Å². The number of hydrogen-bond acceptors (Lipinski definition) is 2. The zero-order valence-electron chi connectivity index (χ0n) is 10.7. The molecule has 1 nitrogen and oxygen atoms in total. The lowest BCUT2D eigenvalue weighted by Crippen LogP contribution is -2.11. The predicted octanol–water partition coefficient (Wildman–Crippen LogP) is 4.76. The van der Waals surface area contributed by atoms with Gasteiger partial charge in [0.2, 0.25) is 0 Å². The summed E-state index contributed by atoms with van der Waals surface area (Å²) < 4.78 is 1.11. The standard InChI is InChI=1S/C15H18BrNS/c1-10(2)8-11-4-3-5-12(9-11)14(17)15-13(16)6-7-18-15/h3-7,9-10,14H,8,17H2,1-2H3. The number of thiophene rings is 1. The highest BCUT2D eigenvalue weighted by Gasteiger charge is 2.14. The van der Waals surface area contributed by atoms with Crippen LogP contribution in [0.15, 0.2) is 40.2 Å². The third-order valence-electron chi connectivity index (χ3n) is 2.88. The molecule has 0 saturated carbocycles. The van der Waals surface area contributed by atoms with Crippen LogP contribution in [-0.4, -0.2) is 0 Å². The minimum atomic E-state index is -0.0357. The van der Waals surface area contributed by atoms with E-state index in [4.69, 9.17) is 5.73 Å². The average molecular weight is 324 g/mol. The van der Waals surface area contributed by atoms with Gasteiger partial charge in [0.15, 0.2) is 0 Å². The summed E-state index contributed by atoms with van der Waals surface area (Å²) in [5.41, 5.74) is 8.90. The molecular weight excluding hydrogens is 306 g/mol. The van der Waals surface area contributed by atoms with Gasteiger partial charge in [0.25, 0.3) is 0 Å². The summed E-state index contributed by atoms with van der Waals surface area (Å²) in [6.07, 6.45) is 1.10. The van der Waals surface area contributed by atoms with Crippen molar-refractivity contribution in [3.05, 3.63) is 56.2 Å². The predicted molar refractivity (Wildman–Crippen MR) is 83.0 cm³/mol. The summed E-state index contributed by atoms with van der Waals surface area (Å²) in [6, 6.07) is 10.6. The Hall–Kier alpha value is -0.640. The first-order valence-electron chi connectivity index (χ1n) is 6.15. The molecule has 1 atom stereocenters. The zero-order valence-corrected chi connectivity index (χ0v) is 13.1. The van der Waals surface area contributed by atoms with E-state index in [2.05, 4.69) is 65.5 Å². The molecule has 1 unspecified atom stereocenters. The van der Waals surface area contributed by atoms with Gasteiger partial charge >= 0.3 is 0 Å². The van der Waals surface area contributed by atoms with Crippen molar-refractivity contribution in [1.82, 2.24) is 0 Å². The molecule has 0 radical (unpaired) electrons. The van der Waals surface area contributed by atoms with Crippen LogP contribution in [0.2, 0.25) is 0 Å². The molecule has 0 aliphatic carbocycles. The number of hydrogen-bond donors (Lipinski definition) is 1. The molecular formula is C15H18BrNS. The van der Waals surface area contributed by atoms with Crippen molar-refractivity contribution in [3.8, 4) is 0 Å².